The largest absolute Gasteiger partial charge is 0.388 e. The Morgan fingerprint density at radius 2 is 1.85 bits per heavy atom. The van der Waals surface area contributed by atoms with E-state index in [4.69, 9.17) is 10.3 Å². The third kappa shape index (κ3) is 1.90. The summed E-state index contributed by atoms with van der Waals surface area (Å²) in [6.45, 7) is 1.51. The second-order valence-electron chi connectivity index (χ2n) is 2.91. The van der Waals surface area contributed by atoms with Gasteiger partial charge >= 0.3 is 0 Å². The molecule has 0 saturated carbocycles. The van der Waals surface area contributed by atoms with Crippen LogP contribution in [0.1, 0.15) is 6.92 Å². The molecule has 1 aliphatic rings. The highest BCUT2D eigenvalue weighted by molar-refractivity contribution is 4.89. The van der Waals surface area contributed by atoms with Gasteiger partial charge in [-0.3, -0.25) is 0 Å². The lowest BCUT2D eigenvalue weighted by Gasteiger charge is -2.37. The lowest BCUT2D eigenvalue weighted by Crippen LogP contribution is -2.55. The number of rotatable bonds is 1. The van der Waals surface area contributed by atoms with E-state index in [1.165, 1.54) is 6.92 Å². The molecule has 0 unspecified atom stereocenters. The van der Waals surface area contributed by atoms with Gasteiger partial charge in [0.2, 0.25) is 0 Å². The van der Waals surface area contributed by atoms with Crippen molar-refractivity contribution in [3.8, 4) is 0 Å². The molecule has 7 heteroatoms. The van der Waals surface area contributed by atoms with Gasteiger partial charge in [0.05, 0.1) is 6.10 Å². The molecule has 1 aliphatic heterocycles. The highest BCUT2D eigenvalue weighted by Gasteiger charge is 2.41. The Labute approximate surface area is 74.2 Å². The van der Waals surface area contributed by atoms with Gasteiger partial charge < -0.3 is 20.1 Å². The molecule has 0 aromatic heterocycles. The van der Waals surface area contributed by atoms with E-state index in [1.807, 2.05) is 0 Å². The maximum absolute atomic E-state index is 9.26. The maximum atomic E-state index is 9.26. The van der Waals surface area contributed by atoms with Gasteiger partial charge in [-0.05, 0) is 12.5 Å². The number of aliphatic hydroxyl groups is 3. The molecule has 3 N–H and O–H groups in total. The van der Waals surface area contributed by atoms with E-state index in [-0.39, 0.29) is 0 Å². The molecule has 0 amide bonds. The van der Waals surface area contributed by atoms with Crippen molar-refractivity contribution in [2.24, 2.45) is 5.11 Å². The zero-order valence-corrected chi connectivity index (χ0v) is 6.98. The molecule has 0 spiro atoms. The van der Waals surface area contributed by atoms with Gasteiger partial charge in [-0.1, -0.05) is 5.11 Å². The summed E-state index contributed by atoms with van der Waals surface area (Å²) in [6.07, 6.45) is -5.71. The lowest BCUT2D eigenvalue weighted by atomic mass is 9.99. The molecule has 1 rings (SSSR count). The minimum atomic E-state index is -1.39. The third-order valence-corrected chi connectivity index (χ3v) is 1.99. The van der Waals surface area contributed by atoms with Crippen molar-refractivity contribution >= 4 is 0 Å². The Morgan fingerprint density at radius 3 is 2.38 bits per heavy atom. The second-order valence-corrected chi connectivity index (χ2v) is 2.91. The van der Waals surface area contributed by atoms with Crippen molar-refractivity contribution in [1.82, 2.24) is 0 Å². The van der Waals surface area contributed by atoms with Crippen molar-refractivity contribution in [3.63, 3.8) is 0 Å². The van der Waals surface area contributed by atoms with Crippen LogP contribution in [0.15, 0.2) is 5.11 Å². The van der Waals surface area contributed by atoms with Crippen molar-refractivity contribution in [2.75, 3.05) is 0 Å². The summed E-state index contributed by atoms with van der Waals surface area (Å²) < 4.78 is 4.94. The number of azide groups is 1. The third-order valence-electron chi connectivity index (χ3n) is 1.99. The highest BCUT2D eigenvalue weighted by Crippen LogP contribution is 2.21. The number of ether oxygens (including phenoxy) is 1. The average molecular weight is 189 g/mol. The molecule has 0 aromatic carbocycles. The Kier molecular flexibility index (Phi) is 3.07. The van der Waals surface area contributed by atoms with Crippen LogP contribution in [0.3, 0.4) is 0 Å². The quantitative estimate of drug-likeness (QED) is 0.282. The van der Waals surface area contributed by atoms with Crippen LogP contribution >= 0.6 is 0 Å². The van der Waals surface area contributed by atoms with Crippen LogP contribution in [0.2, 0.25) is 0 Å². The summed E-state index contributed by atoms with van der Waals surface area (Å²) >= 11 is 0. The Morgan fingerprint density at radius 1 is 1.23 bits per heavy atom. The fourth-order valence-corrected chi connectivity index (χ4v) is 1.18. The lowest BCUT2D eigenvalue weighted by molar-refractivity contribution is -0.214. The van der Waals surface area contributed by atoms with Crippen LogP contribution in [0.25, 0.3) is 10.4 Å². The van der Waals surface area contributed by atoms with Gasteiger partial charge in [-0.15, -0.1) is 0 Å². The molecular weight excluding hydrogens is 178 g/mol. The molecule has 0 aromatic rings. The van der Waals surface area contributed by atoms with Crippen molar-refractivity contribution in [2.45, 2.75) is 37.6 Å². The molecule has 5 atom stereocenters. The van der Waals surface area contributed by atoms with E-state index < -0.39 is 30.6 Å². The monoisotopic (exact) mass is 189 g/mol. The number of hydrogen-bond donors (Lipinski definition) is 3. The minimum absolute atomic E-state index is 0.672. The van der Waals surface area contributed by atoms with Crippen molar-refractivity contribution < 1.29 is 20.1 Å². The van der Waals surface area contributed by atoms with Crippen molar-refractivity contribution in [1.29, 1.82) is 0 Å². The molecule has 74 valence electrons. The zero-order chi connectivity index (χ0) is 10.0. The molecule has 1 heterocycles. The van der Waals surface area contributed by atoms with Crippen LogP contribution in [0, 0.1) is 0 Å². The fourth-order valence-electron chi connectivity index (χ4n) is 1.18. The van der Waals surface area contributed by atoms with Crippen LogP contribution in [0.5, 0.6) is 0 Å². The molecule has 0 aliphatic carbocycles. The normalized spacial score (nSPS) is 45.4. The van der Waals surface area contributed by atoms with Gasteiger partial charge in [0.25, 0.3) is 0 Å². The second kappa shape index (κ2) is 3.91. The predicted octanol–water partition coefficient (Wildman–Crippen LogP) is -0.876. The van der Waals surface area contributed by atoms with E-state index in [9.17, 15) is 15.3 Å². The van der Waals surface area contributed by atoms with E-state index in [1.54, 1.807) is 0 Å². The maximum Gasteiger partial charge on any atom is 0.165 e. The summed E-state index contributed by atoms with van der Waals surface area (Å²) in [5.74, 6) is 0. The summed E-state index contributed by atoms with van der Waals surface area (Å²) in [4.78, 5) is 2.45. The van der Waals surface area contributed by atoms with Gasteiger partial charge in [0.1, 0.15) is 18.3 Å². The summed E-state index contributed by atoms with van der Waals surface area (Å²) in [5, 5.41) is 30.9. The first-order valence-electron chi connectivity index (χ1n) is 3.81. The molecule has 0 radical (unpaired) electrons. The van der Waals surface area contributed by atoms with E-state index >= 15 is 0 Å². The minimum Gasteiger partial charge on any atom is -0.388 e. The summed E-state index contributed by atoms with van der Waals surface area (Å²) in [6, 6.07) is 0. The molecule has 7 nitrogen and oxygen atoms in total. The molecule has 1 fully saturated rings. The van der Waals surface area contributed by atoms with Crippen molar-refractivity contribution in [3.05, 3.63) is 10.4 Å². The van der Waals surface area contributed by atoms with Crippen LogP contribution in [-0.2, 0) is 4.74 Å². The van der Waals surface area contributed by atoms with Gasteiger partial charge in [-0.2, -0.15) is 0 Å². The molecule has 1 saturated heterocycles. The number of hydrogen-bond acceptors (Lipinski definition) is 5. The Bertz CT molecular complexity index is 230. The topological polar surface area (TPSA) is 119 Å². The molecular formula is C6H11N3O4. The van der Waals surface area contributed by atoms with Gasteiger partial charge in [0, 0.05) is 4.91 Å². The average Bonchev–Trinajstić information content (AvgIpc) is 2.11. The van der Waals surface area contributed by atoms with Crippen LogP contribution in [-0.4, -0.2) is 46.0 Å². The van der Waals surface area contributed by atoms with E-state index in [0.29, 0.717) is 0 Å². The van der Waals surface area contributed by atoms with Crippen LogP contribution in [0.4, 0.5) is 0 Å². The number of nitrogens with zero attached hydrogens (tertiary/aromatic N) is 3. The first-order valence-corrected chi connectivity index (χ1v) is 3.81. The first kappa shape index (κ1) is 10.2. The Hall–Kier alpha value is -0.850. The first-order chi connectivity index (χ1) is 6.07. The van der Waals surface area contributed by atoms with Gasteiger partial charge in [0.15, 0.2) is 6.23 Å². The predicted molar refractivity (Wildman–Crippen MR) is 41.5 cm³/mol. The van der Waals surface area contributed by atoms with Gasteiger partial charge in [-0.25, -0.2) is 0 Å². The summed E-state index contributed by atoms with van der Waals surface area (Å²) in [5.41, 5.74) is 8.10. The molecule has 0 bridgehead atoms. The van der Waals surface area contributed by atoms with Crippen LogP contribution < -0.4 is 0 Å². The number of aliphatic hydroxyl groups excluding tert-OH is 3. The highest BCUT2D eigenvalue weighted by atomic mass is 16.5. The standard InChI is InChI=1S/C6H11N3O4/c1-2-3(10)4(11)5(12)6(13-2)8-9-7/h2-6,10-12H,1H3/t2-,3+,4+,5-,6-/m0/s1. The smallest absolute Gasteiger partial charge is 0.165 e. The fraction of sp³-hybridized carbons (Fsp3) is 1.00. The Balaban J connectivity index is 2.75. The molecule has 13 heavy (non-hydrogen) atoms. The van der Waals surface area contributed by atoms with E-state index in [2.05, 4.69) is 10.0 Å². The SMILES string of the molecule is C[C@@H]1O[C@H](N=[N+]=[N-])[C@@H](O)[C@H](O)[C@@H]1O. The zero-order valence-electron chi connectivity index (χ0n) is 6.98. The summed E-state index contributed by atoms with van der Waals surface area (Å²) in [7, 11) is 0. The van der Waals surface area contributed by atoms with E-state index in [0.717, 1.165) is 0 Å².